The average molecular weight is 564 g/mol. The number of carbonyl (C=O) groups is 2. The molecule has 7 nitrogen and oxygen atoms in total. The molecule has 0 aliphatic heterocycles. The Morgan fingerprint density at radius 1 is 0.850 bits per heavy atom. The predicted octanol–water partition coefficient (Wildman–Crippen LogP) is 5.53. The van der Waals surface area contributed by atoms with Crippen LogP contribution in [-0.2, 0) is 26.2 Å². The van der Waals surface area contributed by atoms with E-state index in [2.05, 4.69) is 5.32 Å². The molecule has 2 amide bonds. The molecule has 0 spiro atoms. The van der Waals surface area contributed by atoms with E-state index in [0.29, 0.717) is 12.1 Å². The van der Waals surface area contributed by atoms with E-state index in [9.17, 15) is 18.0 Å². The van der Waals surface area contributed by atoms with Crippen LogP contribution in [0, 0.1) is 20.8 Å². The van der Waals surface area contributed by atoms with Crippen LogP contribution in [0.2, 0.25) is 0 Å². The molecule has 40 heavy (non-hydrogen) atoms. The van der Waals surface area contributed by atoms with Crippen LogP contribution >= 0.6 is 0 Å². The summed E-state index contributed by atoms with van der Waals surface area (Å²) in [6.45, 7) is 11.2. The Kier molecular flexibility index (Phi) is 10.5. The Hall–Kier alpha value is -3.65. The Morgan fingerprint density at radius 3 is 2.02 bits per heavy atom. The van der Waals surface area contributed by atoms with Crippen LogP contribution < -0.4 is 9.62 Å². The molecule has 3 aromatic carbocycles. The molecule has 1 N–H and O–H groups in total. The number of sulfonamides is 1. The van der Waals surface area contributed by atoms with Crippen molar-refractivity contribution in [2.45, 2.75) is 77.9 Å². The minimum absolute atomic E-state index is 0.0535. The van der Waals surface area contributed by atoms with Gasteiger partial charge in [0.1, 0.15) is 12.6 Å². The molecule has 0 bridgehead atoms. The van der Waals surface area contributed by atoms with Gasteiger partial charge in [0.05, 0.1) is 10.6 Å². The van der Waals surface area contributed by atoms with E-state index in [-0.39, 0.29) is 23.4 Å². The number of rotatable bonds is 12. The largest absolute Gasteiger partial charge is 0.352 e. The fourth-order valence-electron chi connectivity index (χ4n) is 4.67. The maximum atomic E-state index is 14.2. The molecule has 2 atom stereocenters. The quantitative estimate of drug-likeness (QED) is 0.314. The number of aryl methyl sites for hydroxylation is 3. The van der Waals surface area contributed by atoms with Gasteiger partial charge in [0.15, 0.2) is 0 Å². The Balaban J connectivity index is 2.09. The second kappa shape index (κ2) is 13.6. The van der Waals surface area contributed by atoms with Gasteiger partial charge in [0, 0.05) is 12.6 Å². The fourth-order valence-corrected chi connectivity index (χ4v) is 6.09. The standard InChI is InChI=1S/C32H41N3O4S/c1-7-26(6)33-32(37)30(8-2)34(21-27-15-13-12-14-25(27)5)31(36)22-35(28-19-23(3)18-24(4)20-28)40(38,39)29-16-10-9-11-17-29/h9-20,26,30H,7-8,21-22H2,1-6H3,(H,33,37)/t26-,30+/m0/s1. The third kappa shape index (κ3) is 7.50. The summed E-state index contributed by atoms with van der Waals surface area (Å²) >= 11 is 0. The van der Waals surface area contributed by atoms with Crippen LogP contribution in [0.4, 0.5) is 5.69 Å². The van der Waals surface area contributed by atoms with Crippen molar-refractivity contribution in [3.05, 3.63) is 95.1 Å². The van der Waals surface area contributed by atoms with Crippen molar-refractivity contribution in [2.75, 3.05) is 10.8 Å². The number of hydrogen-bond acceptors (Lipinski definition) is 4. The fraction of sp³-hybridized carbons (Fsp3) is 0.375. The number of hydrogen-bond donors (Lipinski definition) is 1. The zero-order valence-electron chi connectivity index (χ0n) is 24.3. The number of amides is 2. The number of nitrogens with one attached hydrogen (secondary N) is 1. The van der Waals surface area contributed by atoms with Gasteiger partial charge < -0.3 is 10.2 Å². The molecule has 0 radical (unpaired) electrons. The topological polar surface area (TPSA) is 86.8 Å². The van der Waals surface area contributed by atoms with Crippen LogP contribution in [0.5, 0.6) is 0 Å². The van der Waals surface area contributed by atoms with Gasteiger partial charge >= 0.3 is 0 Å². The predicted molar refractivity (Wildman–Crippen MR) is 161 cm³/mol. The van der Waals surface area contributed by atoms with Crippen LogP contribution in [0.15, 0.2) is 77.7 Å². The van der Waals surface area contributed by atoms with E-state index in [0.717, 1.165) is 33.0 Å². The molecule has 0 aliphatic carbocycles. The molecule has 214 valence electrons. The minimum Gasteiger partial charge on any atom is -0.352 e. The van der Waals surface area contributed by atoms with Gasteiger partial charge in [0.25, 0.3) is 10.0 Å². The molecule has 8 heteroatoms. The molecule has 0 saturated carbocycles. The summed E-state index contributed by atoms with van der Waals surface area (Å²) in [7, 11) is -4.09. The van der Waals surface area contributed by atoms with Crippen molar-refractivity contribution in [1.82, 2.24) is 10.2 Å². The van der Waals surface area contributed by atoms with Crippen molar-refractivity contribution >= 4 is 27.5 Å². The second-order valence-corrected chi connectivity index (χ2v) is 12.2. The van der Waals surface area contributed by atoms with Gasteiger partial charge in [-0.3, -0.25) is 13.9 Å². The summed E-state index contributed by atoms with van der Waals surface area (Å²) in [4.78, 5) is 29.2. The SMILES string of the molecule is CC[C@H](C(=O)N[C@@H](C)CC)N(Cc1ccccc1C)C(=O)CN(c1cc(C)cc(C)c1)S(=O)(=O)c1ccccc1. The lowest BCUT2D eigenvalue weighted by atomic mass is 10.1. The molecule has 0 aliphatic rings. The van der Waals surface area contributed by atoms with Crippen molar-refractivity contribution in [3.8, 4) is 0 Å². The van der Waals surface area contributed by atoms with Gasteiger partial charge in [-0.2, -0.15) is 0 Å². The van der Waals surface area contributed by atoms with E-state index >= 15 is 0 Å². The molecule has 0 saturated heterocycles. The average Bonchev–Trinajstić information content (AvgIpc) is 2.92. The van der Waals surface area contributed by atoms with Crippen LogP contribution in [-0.4, -0.2) is 43.8 Å². The monoisotopic (exact) mass is 563 g/mol. The normalized spacial score (nSPS) is 12.8. The highest BCUT2D eigenvalue weighted by Crippen LogP contribution is 2.27. The van der Waals surface area contributed by atoms with Gasteiger partial charge in [-0.05, 0) is 87.1 Å². The van der Waals surface area contributed by atoms with Gasteiger partial charge in [-0.1, -0.05) is 62.4 Å². The Morgan fingerprint density at radius 2 is 1.45 bits per heavy atom. The molecular weight excluding hydrogens is 522 g/mol. The Bertz CT molecular complexity index is 1400. The van der Waals surface area contributed by atoms with Crippen LogP contribution in [0.1, 0.15) is 55.9 Å². The van der Waals surface area contributed by atoms with E-state index in [1.807, 2.05) is 71.9 Å². The highest BCUT2D eigenvalue weighted by Gasteiger charge is 2.34. The first-order valence-electron chi connectivity index (χ1n) is 13.8. The lowest BCUT2D eigenvalue weighted by Crippen LogP contribution is -2.53. The molecule has 0 aromatic heterocycles. The number of nitrogens with zero attached hydrogens (tertiary/aromatic N) is 2. The zero-order valence-corrected chi connectivity index (χ0v) is 25.2. The molecule has 0 heterocycles. The van der Waals surface area contributed by atoms with Gasteiger partial charge in [0.2, 0.25) is 11.8 Å². The first kappa shape index (κ1) is 30.9. The van der Waals surface area contributed by atoms with Crippen molar-refractivity contribution in [1.29, 1.82) is 0 Å². The second-order valence-electron chi connectivity index (χ2n) is 10.4. The molecule has 3 rings (SSSR count). The third-order valence-electron chi connectivity index (χ3n) is 7.09. The van der Waals surface area contributed by atoms with Crippen molar-refractivity contribution < 1.29 is 18.0 Å². The summed E-state index contributed by atoms with van der Waals surface area (Å²) in [5.41, 5.74) is 4.05. The third-order valence-corrected chi connectivity index (χ3v) is 8.88. The summed E-state index contributed by atoms with van der Waals surface area (Å²) in [5.74, 6) is -0.698. The van der Waals surface area contributed by atoms with E-state index in [1.165, 1.54) is 17.0 Å². The lowest BCUT2D eigenvalue weighted by Gasteiger charge is -2.34. The van der Waals surface area contributed by atoms with E-state index in [4.69, 9.17) is 0 Å². The molecule has 3 aromatic rings. The number of carbonyl (C=O) groups excluding carboxylic acids is 2. The highest BCUT2D eigenvalue weighted by molar-refractivity contribution is 7.92. The molecule has 0 unspecified atom stereocenters. The highest BCUT2D eigenvalue weighted by atomic mass is 32.2. The Labute approximate surface area is 239 Å². The first-order chi connectivity index (χ1) is 19.0. The van der Waals surface area contributed by atoms with E-state index < -0.39 is 28.5 Å². The molecular formula is C32H41N3O4S. The maximum absolute atomic E-state index is 14.2. The maximum Gasteiger partial charge on any atom is 0.264 e. The summed E-state index contributed by atoms with van der Waals surface area (Å²) in [5, 5.41) is 3.01. The summed E-state index contributed by atoms with van der Waals surface area (Å²) < 4.78 is 29.1. The first-order valence-corrected chi connectivity index (χ1v) is 15.2. The van der Waals surface area contributed by atoms with Crippen LogP contribution in [0.25, 0.3) is 0 Å². The van der Waals surface area contributed by atoms with E-state index in [1.54, 1.807) is 30.3 Å². The number of benzene rings is 3. The molecule has 0 fully saturated rings. The van der Waals surface area contributed by atoms with Crippen molar-refractivity contribution in [3.63, 3.8) is 0 Å². The minimum atomic E-state index is -4.09. The van der Waals surface area contributed by atoms with Gasteiger partial charge in [-0.15, -0.1) is 0 Å². The summed E-state index contributed by atoms with van der Waals surface area (Å²) in [6.07, 6.45) is 1.14. The van der Waals surface area contributed by atoms with Crippen molar-refractivity contribution in [2.24, 2.45) is 0 Å². The number of anilines is 1. The van der Waals surface area contributed by atoms with Gasteiger partial charge in [-0.25, -0.2) is 8.42 Å². The summed E-state index contributed by atoms with van der Waals surface area (Å²) in [6, 6.07) is 20.5. The zero-order chi connectivity index (χ0) is 29.4. The smallest absolute Gasteiger partial charge is 0.264 e. The lowest BCUT2D eigenvalue weighted by molar-refractivity contribution is -0.140. The van der Waals surface area contributed by atoms with Crippen LogP contribution in [0.3, 0.4) is 0 Å².